The zero-order valence-corrected chi connectivity index (χ0v) is 13.2. The summed E-state index contributed by atoms with van der Waals surface area (Å²) in [6, 6.07) is 10.5. The van der Waals surface area contributed by atoms with Crippen molar-refractivity contribution in [3.8, 4) is 0 Å². The zero-order valence-electron chi connectivity index (χ0n) is 13.2. The van der Waals surface area contributed by atoms with Crippen molar-refractivity contribution in [2.24, 2.45) is 0 Å². The van der Waals surface area contributed by atoms with Crippen molar-refractivity contribution in [3.63, 3.8) is 0 Å². The predicted molar refractivity (Wildman–Crippen MR) is 88.0 cm³/mol. The maximum atomic E-state index is 13.5. The molecule has 1 amide bonds. The molecule has 0 aliphatic carbocycles. The Labute approximate surface area is 138 Å². The van der Waals surface area contributed by atoms with E-state index in [-0.39, 0.29) is 36.8 Å². The molecule has 0 saturated heterocycles. The molecule has 0 aromatic heterocycles. The molecule has 2 aromatic carbocycles. The third-order valence-corrected chi connectivity index (χ3v) is 3.48. The van der Waals surface area contributed by atoms with Crippen molar-refractivity contribution in [1.82, 2.24) is 5.32 Å². The van der Waals surface area contributed by atoms with Gasteiger partial charge in [0.15, 0.2) is 5.78 Å². The second kappa shape index (κ2) is 8.19. The highest BCUT2D eigenvalue weighted by molar-refractivity contribution is 5.95. The van der Waals surface area contributed by atoms with E-state index in [1.165, 1.54) is 25.1 Å². The van der Waals surface area contributed by atoms with Crippen LogP contribution in [0.3, 0.4) is 0 Å². The van der Waals surface area contributed by atoms with Crippen LogP contribution in [-0.4, -0.2) is 24.8 Å². The number of ketones is 1. The van der Waals surface area contributed by atoms with Crippen LogP contribution in [0.15, 0.2) is 42.5 Å². The van der Waals surface area contributed by atoms with Gasteiger partial charge in [0.2, 0.25) is 5.91 Å². The molecule has 0 aliphatic rings. The summed E-state index contributed by atoms with van der Waals surface area (Å²) >= 11 is 0. The van der Waals surface area contributed by atoms with Gasteiger partial charge in [-0.3, -0.25) is 9.59 Å². The van der Waals surface area contributed by atoms with Crippen molar-refractivity contribution in [3.05, 3.63) is 65.2 Å². The predicted octanol–water partition coefficient (Wildman–Crippen LogP) is 2.94. The zero-order chi connectivity index (χ0) is 17.5. The quantitative estimate of drug-likeness (QED) is 0.767. The average molecular weight is 332 g/mol. The lowest BCUT2D eigenvalue weighted by molar-refractivity contribution is -0.119. The normalized spacial score (nSPS) is 10.3. The van der Waals surface area contributed by atoms with Crippen LogP contribution in [0.5, 0.6) is 0 Å². The molecule has 0 atom stereocenters. The highest BCUT2D eigenvalue weighted by Crippen LogP contribution is 2.12. The number of Topliss-reactive ketones (excluding diaryl/α,β-unsaturated/α-hetero) is 1. The standard InChI is InChI=1S/C18H18F2N2O2/c1-12(23)13-4-2-5-14(10-13)22-11-18(24)21-9-8-15-16(19)6-3-7-17(15)20/h2-7,10,22H,8-9,11H2,1H3,(H,21,24). The number of rotatable bonds is 7. The molecular weight excluding hydrogens is 314 g/mol. The minimum atomic E-state index is -0.622. The Balaban J connectivity index is 1.80. The largest absolute Gasteiger partial charge is 0.376 e. The monoisotopic (exact) mass is 332 g/mol. The lowest BCUT2D eigenvalue weighted by Gasteiger charge is -2.09. The molecule has 0 aliphatic heterocycles. The summed E-state index contributed by atoms with van der Waals surface area (Å²) in [5.41, 5.74) is 1.16. The molecule has 4 nitrogen and oxygen atoms in total. The second-order valence-electron chi connectivity index (χ2n) is 5.29. The van der Waals surface area contributed by atoms with Gasteiger partial charge >= 0.3 is 0 Å². The molecule has 0 spiro atoms. The number of carbonyl (C=O) groups excluding carboxylic acids is 2. The molecule has 0 unspecified atom stereocenters. The Morgan fingerprint density at radius 3 is 2.38 bits per heavy atom. The van der Waals surface area contributed by atoms with Crippen LogP contribution in [0.25, 0.3) is 0 Å². The lowest BCUT2D eigenvalue weighted by Crippen LogP contribution is -2.31. The maximum Gasteiger partial charge on any atom is 0.239 e. The molecule has 2 N–H and O–H groups in total. The van der Waals surface area contributed by atoms with Gasteiger partial charge in [0.1, 0.15) is 11.6 Å². The van der Waals surface area contributed by atoms with Gasteiger partial charge in [-0.25, -0.2) is 8.78 Å². The van der Waals surface area contributed by atoms with E-state index in [4.69, 9.17) is 0 Å². The third-order valence-electron chi connectivity index (χ3n) is 3.48. The number of amides is 1. The molecular formula is C18H18F2N2O2. The van der Waals surface area contributed by atoms with Crippen LogP contribution < -0.4 is 10.6 Å². The first-order valence-electron chi connectivity index (χ1n) is 7.52. The molecule has 2 aromatic rings. The summed E-state index contributed by atoms with van der Waals surface area (Å²) < 4.78 is 26.9. The van der Waals surface area contributed by atoms with Crippen LogP contribution in [0.1, 0.15) is 22.8 Å². The van der Waals surface area contributed by atoms with Crippen LogP contribution in [0.2, 0.25) is 0 Å². The average Bonchev–Trinajstić information content (AvgIpc) is 2.56. The van der Waals surface area contributed by atoms with Crippen molar-refractivity contribution in [2.45, 2.75) is 13.3 Å². The number of hydrogen-bond acceptors (Lipinski definition) is 3. The molecule has 0 bridgehead atoms. The van der Waals surface area contributed by atoms with E-state index in [0.717, 1.165) is 0 Å². The van der Waals surface area contributed by atoms with E-state index in [9.17, 15) is 18.4 Å². The van der Waals surface area contributed by atoms with Crippen molar-refractivity contribution in [1.29, 1.82) is 0 Å². The van der Waals surface area contributed by atoms with Crippen molar-refractivity contribution >= 4 is 17.4 Å². The van der Waals surface area contributed by atoms with Gasteiger partial charge in [0.25, 0.3) is 0 Å². The van der Waals surface area contributed by atoms with Gasteiger partial charge in [0, 0.05) is 23.4 Å². The van der Waals surface area contributed by atoms with Crippen LogP contribution >= 0.6 is 0 Å². The van der Waals surface area contributed by atoms with E-state index in [2.05, 4.69) is 10.6 Å². The number of halogens is 2. The minimum Gasteiger partial charge on any atom is -0.376 e. The topological polar surface area (TPSA) is 58.2 Å². The molecule has 126 valence electrons. The van der Waals surface area contributed by atoms with Crippen LogP contribution in [-0.2, 0) is 11.2 Å². The fourth-order valence-corrected chi connectivity index (χ4v) is 2.19. The number of benzene rings is 2. The van der Waals surface area contributed by atoms with Crippen molar-refractivity contribution < 1.29 is 18.4 Å². The van der Waals surface area contributed by atoms with Crippen molar-refractivity contribution in [2.75, 3.05) is 18.4 Å². The van der Waals surface area contributed by atoms with Gasteiger partial charge in [-0.2, -0.15) is 0 Å². The Morgan fingerprint density at radius 2 is 1.71 bits per heavy atom. The maximum absolute atomic E-state index is 13.5. The second-order valence-corrected chi connectivity index (χ2v) is 5.29. The number of hydrogen-bond donors (Lipinski definition) is 2. The fourth-order valence-electron chi connectivity index (χ4n) is 2.19. The first kappa shape index (κ1) is 17.6. The van der Waals surface area contributed by atoms with E-state index in [1.807, 2.05) is 0 Å². The fraction of sp³-hybridized carbons (Fsp3) is 0.222. The Bertz CT molecular complexity index is 727. The summed E-state index contributed by atoms with van der Waals surface area (Å²) in [5, 5.41) is 5.49. The SMILES string of the molecule is CC(=O)c1cccc(NCC(=O)NCCc2c(F)cccc2F)c1. The summed E-state index contributed by atoms with van der Waals surface area (Å²) in [4.78, 5) is 23.1. The molecule has 2 rings (SSSR count). The molecule has 0 heterocycles. The molecule has 0 radical (unpaired) electrons. The lowest BCUT2D eigenvalue weighted by atomic mass is 10.1. The Kier molecular flexibility index (Phi) is 6.01. The first-order valence-corrected chi connectivity index (χ1v) is 7.52. The summed E-state index contributed by atoms with van der Waals surface area (Å²) in [6.07, 6.45) is 0.0735. The smallest absolute Gasteiger partial charge is 0.239 e. The minimum absolute atomic E-state index is 0.00110. The Morgan fingerprint density at radius 1 is 1.04 bits per heavy atom. The highest BCUT2D eigenvalue weighted by Gasteiger charge is 2.09. The third kappa shape index (κ3) is 4.87. The summed E-state index contributed by atoms with van der Waals surface area (Å²) in [5.74, 6) is -1.61. The van der Waals surface area contributed by atoms with Gasteiger partial charge in [0.05, 0.1) is 6.54 Å². The molecule has 6 heteroatoms. The van der Waals surface area contributed by atoms with E-state index >= 15 is 0 Å². The summed E-state index contributed by atoms with van der Waals surface area (Å²) in [7, 11) is 0. The molecule has 0 fully saturated rings. The number of carbonyl (C=O) groups is 2. The highest BCUT2D eigenvalue weighted by atomic mass is 19.1. The van der Waals surface area contributed by atoms with Crippen LogP contribution in [0, 0.1) is 11.6 Å². The van der Waals surface area contributed by atoms with E-state index in [0.29, 0.717) is 11.3 Å². The number of nitrogens with one attached hydrogen (secondary N) is 2. The Hall–Kier alpha value is -2.76. The van der Waals surface area contributed by atoms with E-state index < -0.39 is 11.6 Å². The number of anilines is 1. The van der Waals surface area contributed by atoms with Gasteiger partial charge in [-0.05, 0) is 37.6 Å². The van der Waals surface area contributed by atoms with Crippen LogP contribution in [0.4, 0.5) is 14.5 Å². The summed E-state index contributed by atoms with van der Waals surface area (Å²) in [6.45, 7) is 1.60. The van der Waals surface area contributed by atoms with Gasteiger partial charge in [-0.15, -0.1) is 0 Å². The molecule has 24 heavy (non-hydrogen) atoms. The molecule has 0 saturated carbocycles. The van der Waals surface area contributed by atoms with Gasteiger partial charge < -0.3 is 10.6 Å². The first-order chi connectivity index (χ1) is 11.5. The van der Waals surface area contributed by atoms with Gasteiger partial charge in [-0.1, -0.05) is 18.2 Å². The van der Waals surface area contributed by atoms with E-state index in [1.54, 1.807) is 24.3 Å².